The minimum atomic E-state index is -3.73. The molecule has 0 aromatic heterocycles. The first-order valence-electron chi connectivity index (χ1n) is 7.31. The zero-order valence-electron chi connectivity index (χ0n) is 11.3. The zero-order chi connectivity index (χ0) is 14.8. The molecular weight excluding hydrogens is 310 g/mol. The van der Waals surface area contributed by atoms with Crippen LogP contribution >= 0.6 is 10.7 Å². The average molecular weight is 326 g/mol. The van der Waals surface area contributed by atoms with Gasteiger partial charge >= 0.3 is 0 Å². The number of fused-ring (bicyclic) bond motifs is 5. The molecule has 1 N–H and O–H groups in total. The van der Waals surface area contributed by atoms with E-state index >= 15 is 0 Å². The Balaban J connectivity index is 1.44. The van der Waals surface area contributed by atoms with E-state index in [4.69, 9.17) is 10.7 Å². The van der Waals surface area contributed by atoms with Gasteiger partial charge in [0, 0.05) is 22.3 Å². The Morgan fingerprint density at radius 2 is 1.67 bits per heavy atom. The lowest BCUT2D eigenvalue weighted by atomic mass is 10.0. The first kappa shape index (κ1) is 13.6. The molecule has 0 radical (unpaired) electrons. The van der Waals surface area contributed by atoms with Gasteiger partial charge in [-0.05, 0) is 67.2 Å². The summed E-state index contributed by atoms with van der Waals surface area (Å²) >= 11 is 0. The average Bonchev–Trinajstić information content (AvgIpc) is 2.83. The fraction of sp³-hybridized carbons (Fsp3) is 0.533. The Labute approximate surface area is 128 Å². The van der Waals surface area contributed by atoms with Crippen molar-refractivity contribution in [3.63, 3.8) is 0 Å². The first-order chi connectivity index (χ1) is 9.95. The van der Waals surface area contributed by atoms with Crippen LogP contribution < -0.4 is 5.32 Å². The van der Waals surface area contributed by atoms with Gasteiger partial charge in [-0.1, -0.05) is 0 Å². The molecule has 4 atom stereocenters. The molecule has 4 nitrogen and oxygen atoms in total. The molecule has 6 heteroatoms. The summed E-state index contributed by atoms with van der Waals surface area (Å²) in [5, 5.41) is 3.11. The fourth-order valence-corrected chi connectivity index (χ4v) is 5.29. The summed E-state index contributed by atoms with van der Waals surface area (Å²) in [6.07, 6.45) is 3.99. The van der Waals surface area contributed by atoms with Gasteiger partial charge in [0.25, 0.3) is 15.0 Å². The van der Waals surface area contributed by atoms with E-state index in [1.165, 1.54) is 43.5 Å². The summed E-state index contributed by atoms with van der Waals surface area (Å²) in [4.78, 5) is 12.2. The Hall–Kier alpha value is -1.07. The van der Waals surface area contributed by atoms with Crippen molar-refractivity contribution < 1.29 is 13.2 Å². The van der Waals surface area contributed by atoms with Crippen LogP contribution in [0.15, 0.2) is 29.2 Å². The van der Waals surface area contributed by atoms with Crippen LogP contribution in [0.2, 0.25) is 0 Å². The Morgan fingerprint density at radius 1 is 1.10 bits per heavy atom. The number of halogens is 1. The molecule has 4 rings (SSSR count). The summed E-state index contributed by atoms with van der Waals surface area (Å²) in [6.45, 7) is 0. The van der Waals surface area contributed by atoms with Crippen molar-refractivity contribution in [2.24, 2.45) is 23.7 Å². The summed E-state index contributed by atoms with van der Waals surface area (Å²) < 4.78 is 22.4. The number of carbonyl (C=O) groups excluding carboxylic acids is 1. The number of hydrogen-bond donors (Lipinski definition) is 1. The van der Waals surface area contributed by atoms with Crippen LogP contribution in [-0.4, -0.2) is 20.4 Å². The second-order valence-corrected chi connectivity index (χ2v) is 9.02. The van der Waals surface area contributed by atoms with Gasteiger partial charge in [-0.3, -0.25) is 4.79 Å². The van der Waals surface area contributed by atoms with Crippen LogP contribution in [-0.2, 0) is 9.05 Å². The summed E-state index contributed by atoms with van der Waals surface area (Å²) in [7, 11) is 1.53. The molecule has 0 saturated heterocycles. The SMILES string of the molecule is O=C(NC1C2C3CCC(C3)C12)c1ccc(S(=O)(=O)Cl)cc1. The first-order valence-corrected chi connectivity index (χ1v) is 9.61. The van der Waals surface area contributed by atoms with Crippen molar-refractivity contribution in [1.82, 2.24) is 5.32 Å². The molecule has 0 heterocycles. The van der Waals surface area contributed by atoms with E-state index in [0.29, 0.717) is 23.4 Å². The minimum Gasteiger partial charge on any atom is -0.349 e. The molecule has 3 fully saturated rings. The van der Waals surface area contributed by atoms with Crippen molar-refractivity contribution in [2.45, 2.75) is 30.2 Å². The highest BCUT2D eigenvalue weighted by Gasteiger charge is 2.65. The number of benzene rings is 1. The van der Waals surface area contributed by atoms with E-state index in [9.17, 15) is 13.2 Å². The van der Waals surface area contributed by atoms with Crippen LogP contribution in [0.1, 0.15) is 29.6 Å². The van der Waals surface area contributed by atoms with Crippen molar-refractivity contribution in [3.05, 3.63) is 29.8 Å². The molecule has 3 saturated carbocycles. The smallest absolute Gasteiger partial charge is 0.261 e. The molecule has 3 aliphatic rings. The molecule has 3 aliphatic carbocycles. The maximum Gasteiger partial charge on any atom is 0.261 e. The van der Waals surface area contributed by atoms with Gasteiger partial charge < -0.3 is 5.32 Å². The number of carbonyl (C=O) groups is 1. The van der Waals surface area contributed by atoms with E-state index in [1.54, 1.807) is 0 Å². The monoisotopic (exact) mass is 325 g/mol. The van der Waals surface area contributed by atoms with Crippen LogP contribution in [0.5, 0.6) is 0 Å². The topological polar surface area (TPSA) is 63.2 Å². The normalized spacial score (nSPS) is 36.3. The standard InChI is InChI=1S/C15H16ClNO3S/c16-21(19,20)11-5-3-8(4-6-11)15(18)17-14-12-9-1-2-10(7-9)13(12)14/h3-6,9-10,12-14H,1-2,7H2,(H,17,18). The molecular formula is C15H16ClNO3S. The summed E-state index contributed by atoms with van der Waals surface area (Å²) in [5.74, 6) is 2.89. The maximum absolute atomic E-state index is 12.2. The third kappa shape index (κ3) is 2.18. The lowest BCUT2D eigenvalue weighted by molar-refractivity contribution is 0.0944. The number of rotatable bonds is 3. The van der Waals surface area contributed by atoms with Crippen LogP contribution in [0.25, 0.3) is 0 Å². The van der Waals surface area contributed by atoms with Gasteiger partial charge in [-0.15, -0.1) is 0 Å². The molecule has 1 aromatic carbocycles. The fourth-order valence-electron chi connectivity index (χ4n) is 4.52. The van der Waals surface area contributed by atoms with E-state index in [0.717, 1.165) is 11.8 Å². The van der Waals surface area contributed by atoms with Crippen molar-refractivity contribution in [1.29, 1.82) is 0 Å². The Morgan fingerprint density at radius 3 is 2.19 bits per heavy atom. The van der Waals surface area contributed by atoms with Gasteiger partial charge in [0.2, 0.25) is 0 Å². The number of amides is 1. The largest absolute Gasteiger partial charge is 0.349 e. The molecule has 0 aliphatic heterocycles. The van der Waals surface area contributed by atoms with Gasteiger partial charge in [-0.25, -0.2) is 8.42 Å². The molecule has 2 bridgehead atoms. The molecule has 1 aromatic rings. The molecule has 1 amide bonds. The third-order valence-electron chi connectivity index (χ3n) is 5.43. The molecule has 4 unspecified atom stereocenters. The van der Waals surface area contributed by atoms with Crippen LogP contribution in [0.4, 0.5) is 0 Å². The Kier molecular flexibility index (Phi) is 2.89. The predicted octanol–water partition coefficient (Wildman–Crippen LogP) is 2.39. The van der Waals surface area contributed by atoms with E-state index in [2.05, 4.69) is 5.32 Å². The van der Waals surface area contributed by atoms with Gasteiger partial charge in [0.1, 0.15) is 0 Å². The molecule has 112 valence electrons. The molecule has 0 spiro atoms. The second kappa shape index (κ2) is 4.46. The van der Waals surface area contributed by atoms with Crippen molar-refractivity contribution in [3.8, 4) is 0 Å². The van der Waals surface area contributed by atoms with Gasteiger partial charge in [-0.2, -0.15) is 0 Å². The summed E-state index contributed by atoms with van der Waals surface area (Å²) in [6, 6.07) is 6.10. The maximum atomic E-state index is 12.2. The summed E-state index contributed by atoms with van der Waals surface area (Å²) in [5.41, 5.74) is 0.483. The van der Waals surface area contributed by atoms with Gasteiger partial charge in [0.05, 0.1) is 4.90 Å². The van der Waals surface area contributed by atoms with E-state index in [-0.39, 0.29) is 10.8 Å². The number of hydrogen-bond acceptors (Lipinski definition) is 3. The van der Waals surface area contributed by atoms with Gasteiger partial charge in [0.15, 0.2) is 0 Å². The van der Waals surface area contributed by atoms with E-state index < -0.39 is 9.05 Å². The highest BCUT2D eigenvalue weighted by molar-refractivity contribution is 8.13. The van der Waals surface area contributed by atoms with Crippen molar-refractivity contribution >= 4 is 25.6 Å². The Bertz CT molecular complexity index is 684. The number of nitrogens with one attached hydrogen (secondary N) is 1. The predicted molar refractivity (Wildman–Crippen MR) is 78.5 cm³/mol. The minimum absolute atomic E-state index is 0.0158. The highest BCUT2D eigenvalue weighted by Crippen LogP contribution is 2.65. The van der Waals surface area contributed by atoms with Crippen LogP contribution in [0.3, 0.4) is 0 Å². The van der Waals surface area contributed by atoms with Crippen molar-refractivity contribution in [2.75, 3.05) is 0 Å². The highest BCUT2D eigenvalue weighted by atomic mass is 35.7. The van der Waals surface area contributed by atoms with E-state index in [1.807, 2.05) is 0 Å². The molecule has 21 heavy (non-hydrogen) atoms. The lowest BCUT2D eigenvalue weighted by Crippen LogP contribution is -2.29. The lowest BCUT2D eigenvalue weighted by Gasteiger charge is -2.10. The quantitative estimate of drug-likeness (QED) is 0.868. The third-order valence-corrected chi connectivity index (χ3v) is 6.80. The second-order valence-electron chi connectivity index (χ2n) is 6.45. The zero-order valence-corrected chi connectivity index (χ0v) is 12.9. The van der Waals surface area contributed by atoms with Crippen LogP contribution in [0, 0.1) is 23.7 Å².